The Morgan fingerprint density at radius 1 is 1.14 bits per heavy atom. The highest BCUT2D eigenvalue weighted by atomic mass is 15.2. The van der Waals surface area contributed by atoms with Gasteiger partial charge >= 0.3 is 0 Å². The summed E-state index contributed by atoms with van der Waals surface area (Å²) in [6, 6.07) is 12.4. The van der Waals surface area contributed by atoms with E-state index >= 15 is 0 Å². The number of hydrogen-bond donors (Lipinski definition) is 2. The van der Waals surface area contributed by atoms with Crippen LogP contribution in [-0.2, 0) is 6.54 Å². The van der Waals surface area contributed by atoms with Gasteiger partial charge in [0.2, 0.25) is 0 Å². The van der Waals surface area contributed by atoms with Crippen LogP contribution < -0.4 is 10.6 Å². The van der Waals surface area contributed by atoms with Gasteiger partial charge < -0.3 is 10.6 Å². The minimum atomic E-state index is 0.588. The summed E-state index contributed by atoms with van der Waals surface area (Å²) in [6.45, 7) is 10.4. The Bertz CT molecular complexity index is 441. The first kappa shape index (κ1) is 16.0. The second-order valence-electron chi connectivity index (χ2n) is 7.39. The van der Waals surface area contributed by atoms with Crippen molar-refractivity contribution in [2.45, 2.75) is 45.3 Å². The Labute approximate surface area is 135 Å². The van der Waals surface area contributed by atoms with Crippen molar-refractivity contribution >= 4 is 0 Å². The van der Waals surface area contributed by atoms with Crippen LogP contribution >= 0.6 is 0 Å². The van der Waals surface area contributed by atoms with Crippen molar-refractivity contribution in [2.75, 3.05) is 26.2 Å². The quantitative estimate of drug-likeness (QED) is 0.772. The third-order valence-corrected chi connectivity index (χ3v) is 5.03. The molecule has 2 atom stereocenters. The van der Waals surface area contributed by atoms with Gasteiger partial charge in [-0.2, -0.15) is 0 Å². The molecular weight excluding hydrogens is 270 g/mol. The Morgan fingerprint density at radius 2 is 1.86 bits per heavy atom. The number of rotatable bonds is 8. The maximum atomic E-state index is 3.63. The number of nitrogens with one attached hydrogen (secondary N) is 2. The molecular formula is C19H31N3. The monoisotopic (exact) mass is 301 g/mol. The molecule has 1 aliphatic carbocycles. The van der Waals surface area contributed by atoms with E-state index < -0.39 is 0 Å². The fourth-order valence-corrected chi connectivity index (χ4v) is 3.53. The van der Waals surface area contributed by atoms with Crippen LogP contribution in [0.1, 0.15) is 32.3 Å². The minimum absolute atomic E-state index is 0.588. The van der Waals surface area contributed by atoms with Gasteiger partial charge in [0.15, 0.2) is 0 Å². The minimum Gasteiger partial charge on any atom is -0.316 e. The van der Waals surface area contributed by atoms with Gasteiger partial charge in [0.05, 0.1) is 0 Å². The van der Waals surface area contributed by atoms with E-state index in [1.807, 2.05) is 0 Å². The first-order valence-corrected chi connectivity index (χ1v) is 8.94. The summed E-state index contributed by atoms with van der Waals surface area (Å²) in [5.41, 5.74) is 1.46. The molecule has 0 aromatic heterocycles. The molecule has 1 aliphatic heterocycles. The Kier molecular flexibility index (Phi) is 5.51. The van der Waals surface area contributed by atoms with Crippen LogP contribution in [0, 0.1) is 11.8 Å². The van der Waals surface area contributed by atoms with Crippen molar-refractivity contribution < 1.29 is 0 Å². The lowest BCUT2D eigenvalue weighted by atomic mass is 9.94. The first-order chi connectivity index (χ1) is 10.7. The van der Waals surface area contributed by atoms with Crippen LogP contribution in [0.2, 0.25) is 0 Å². The van der Waals surface area contributed by atoms with E-state index in [2.05, 4.69) is 59.7 Å². The van der Waals surface area contributed by atoms with Crippen LogP contribution in [0.4, 0.5) is 0 Å². The molecule has 1 heterocycles. The number of nitrogens with zero attached hydrogens (tertiary/aromatic N) is 1. The SMILES string of the molecule is CC(C)NC[C@H]1CNC[C@@H]1CN(Cc1ccccc1)C1CC1. The molecule has 3 nitrogen and oxygen atoms in total. The average Bonchev–Trinajstić information content (AvgIpc) is 3.27. The zero-order chi connectivity index (χ0) is 15.4. The van der Waals surface area contributed by atoms with Crippen molar-refractivity contribution in [1.29, 1.82) is 0 Å². The van der Waals surface area contributed by atoms with Gasteiger partial charge in [0, 0.05) is 25.2 Å². The molecule has 3 heteroatoms. The molecule has 3 rings (SSSR count). The van der Waals surface area contributed by atoms with Gasteiger partial charge in [-0.25, -0.2) is 0 Å². The van der Waals surface area contributed by atoms with Crippen LogP contribution in [-0.4, -0.2) is 43.2 Å². The molecule has 1 aromatic rings. The van der Waals surface area contributed by atoms with Gasteiger partial charge in [0.1, 0.15) is 0 Å². The molecule has 0 unspecified atom stereocenters. The molecule has 122 valence electrons. The maximum Gasteiger partial charge on any atom is 0.0236 e. The van der Waals surface area contributed by atoms with Crippen molar-refractivity contribution in [3.05, 3.63) is 35.9 Å². The van der Waals surface area contributed by atoms with Gasteiger partial charge in [0.25, 0.3) is 0 Å². The summed E-state index contributed by atoms with van der Waals surface area (Å²) in [6.07, 6.45) is 2.78. The summed E-state index contributed by atoms with van der Waals surface area (Å²) in [4.78, 5) is 2.73. The smallest absolute Gasteiger partial charge is 0.0236 e. The molecule has 1 saturated carbocycles. The largest absolute Gasteiger partial charge is 0.316 e. The van der Waals surface area contributed by atoms with Crippen molar-refractivity contribution in [3.8, 4) is 0 Å². The summed E-state index contributed by atoms with van der Waals surface area (Å²) >= 11 is 0. The maximum absolute atomic E-state index is 3.63. The lowest BCUT2D eigenvalue weighted by Crippen LogP contribution is -2.38. The second-order valence-corrected chi connectivity index (χ2v) is 7.39. The van der Waals surface area contributed by atoms with Gasteiger partial charge in [-0.1, -0.05) is 44.2 Å². The summed E-state index contributed by atoms with van der Waals surface area (Å²) in [7, 11) is 0. The molecule has 0 bridgehead atoms. The molecule has 0 amide bonds. The highest BCUT2D eigenvalue weighted by Gasteiger charge is 2.34. The summed E-state index contributed by atoms with van der Waals surface area (Å²) in [5.74, 6) is 1.56. The van der Waals surface area contributed by atoms with Crippen molar-refractivity contribution in [3.63, 3.8) is 0 Å². The number of hydrogen-bond acceptors (Lipinski definition) is 3. The lowest BCUT2D eigenvalue weighted by Gasteiger charge is -2.29. The van der Waals surface area contributed by atoms with E-state index in [9.17, 15) is 0 Å². The highest BCUT2D eigenvalue weighted by molar-refractivity contribution is 5.15. The van der Waals surface area contributed by atoms with Gasteiger partial charge in [-0.3, -0.25) is 4.90 Å². The Balaban J connectivity index is 1.56. The topological polar surface area (TPSA) is 27.3 Å². The highest BCUT2D eigenvalue weighted by Crippen LogP contribution is 2.30. The Morgan fingerprint density at radius 3 is 2.55 bits per heavy atom. The van der Waals surface area contributed by atoms with Crippen molar-refractivity contribution in [1.82, 2.24) is 15.5 Å². The van der Waals surface area contributed by atoms with E-state index in [-0.39, 0.29) is 0 Å². The molecule has 0 radical (unpaired) electrons. The first-order valence-electron chi connectivity index (χ1n) is 8.94. The van der Waals surface area contributed by atoms with Gasteiger partial charge in [-0.15, -0.1) is 0 Å². The summed E-state index contributed by atoms with van der Waals surface area (Å²) < 4.78 is 0. The van der Waals surface area contributed by atoms with E-state index in [0.29, 0.717) is 6.04 Å². The third-order valence-electron chi connectivity index (χ3n) is 5.03. The normalized spacial score (nSPS) is 25.3. The molecule has 2 aliphatic rings. The molecule has 22 heavy (non-hydrogen) atoms. The fraction of sp³-hybridized carbons (Fsp3) is 0.684. The van der Waals surface area contributed by atoms with Gasteiger partial charge in [-0.05, 0) is 49.9 Å². The molecule has 2 N–H and O–H groups in total. The third kappa shape index (κ3) is 4.55. The van der Waals surface area contributed by atoms with E-state index in [1.54, 1.807) is 0 Å². The molecule has 1 aromatic carbocycles. The molecule has 2 fully saturated rings. The predicted molar refractivity (Wildman–Crippen MR) is 92.9 cm³/mol. The lowest BCUT2D eigenvalue weighted by molar-refractivity contribution is 0.195. The predicted octanol–water partition coefficient (Wildman–Crippen LogP) is 2.48. The Hall–Kier alpha value is -0.900. The van der Waals surface area contributed by atoms with E-state index in [4.69, 9.17) is 0 Å². The van der Waals surface area contributed by atoms with Crippen molar-refractivity contribution in [2.24, 2.45) is 11.8 Å². The number of benzene rings is 1. The zero-order valence-corrected chi connectivity index (χ0v) is 14.1. The molecule has 1 saturated heterocycles. The summed E-state index contributed by atoms with van der Waals surface area (Å²) in [5, 5.41) is 7.23. The van der Waals surface area contributed by atoms with Crippen LogP contribution in [0.15, 0.2) is 30.3 Å². The zero-order valence-electron chi connectivity index (χ0n) is 14.1. The second kappa shape index (κ2) is 7.58. The fourth-order valence-electron chi connectivity index (χ4n) is 3.53. The van der Waals surface area contributed by atoms with E-state index in [0.717, 1.165) is 31.0 Å². The molecule has 0 spiro atoms. The van der Waals surface area contributed by atoms with Crippen LogP contribution in [0.3, 0.4) is 0 Å². The van der Waals surface area contributed by atoms with Crippen LogP contribution in [0.5, 0.6) is 0 Å². The van der Waals surface area contributed by atoms with Crippen LogP contribution in [0.25, 0.3) is 0 Å². The standard InChI is InChI=1S/C19H31N3/c1-15(2)21-12-17-10-20-11-18(17)14-22(19-8-9-19)13-16-6-4-3-5-7-16/h3-7,15,17-21H,8-14H2,1-2H3/t17-,18-/m1/s1. The van der Waals surface area contributed by atoms with E-state index in [1.165, 1.54) is 38.0 Å². The average molecular weight is 301 g/mol.